The fraction of sp³-hybridized carbons (Fsp3) is 0. The molecular weight excluding hydrogens is 442 g/mol. The third-order valence-corrected chi connectivity index (χ3v) is 7.04. The van der Waals surface area contributed by atoms with Gasteiger partial charge in [-0.1, -0.05) is 66.7 Å². The molecule has 0 atom stereocenters. The number of nitrogens with zero attached hydrogens (tertiary/aromatic N) is 3. The minimum atomic E-state index is 0.877. The lowest BCUT2D eigenvalue weighted by Gasteiger charge is -2.09. The summed E-state index contributed by atoms with van der Waals surface area (Å²) in [4.78, 5) is 9.46. The lowest BCUT2D eigenvalue weighted by molar-refractivity contribution is 0.635. The number of rotatable bonds is 2. The highest BCUT2D eigenvalue weighted by molar-refractivity contribution is 6.20. The molecule has 0 amide bonds. The standard InChI is InChI=1S/C32H19N3O/c1-2-7-20(8-3-1)28-18-23-14-15-27-29(32(23)36-28)25-10-4-5-11-26(25)35(27)24-17-22-13-12-21-9-6-16-33-30(21)31(22)34-19-24/h1-19H. The summed E-state index contributed by atoms with van der Waals surface area (Å²) in [6, 6.07) is 35.7. The van der Waals surface area contributed by atoms with E-state index >= 15 is 0 Å². The van der Waals surface area contributed by atoms with Crippen molar-refractivity contribution in [1.82, 2.24) is 14.5 Å². The number of hydrogen-bond acceptors (Lipinski definition) is 3. The molecule has 4 aromatic heterocycles. The summed E-state index contributed by atoms with van der Waals surface area (Å²) in [5.41, 5.74) is 7.05. The Morgan fingerprint density at radius 1 is 0.611 bits per heavy atom. The van der Waals surface area contributed by atoms with Gasteiger partial charge >= 0.3 is 0 Å². The molecule has 0 bridgehead atoms. The Morgan fingerprint density at radius 3 is 2.36 bits per heavy atom. The van der Waals surface area contributed by atoms with Gasteiger partial charge in [-0.3, -0.25) is 9.97 Å². The van der Waals surface area contributed by atoms with Crippen LogP contribution in [0.4, 0.5) is 0 Å². The van der Waals surface area contributed by atoms with E-state index in [1.165, 1.54) is 0 Å². The minimum Gasteiger partial charge on any atom is -0.455 e. The van der Waals surface area contributed by atoms with Crippen molar-refractivity contribution in [2.45, 2.75) is 0 Å². The van der Waals surface area contributed by atoms with Crippen LogP contribution >= 0.6 is 0 Å². The molecule has 0 aliphatic heterocycles. The van der Waals surface area contributed by atoms with Crippen molar-refractivity contribution >= 4 is 54.6 Å². The quantitative estimate of drug-likeness (QED) is 0.243. The summed E-state index contributed by atoms with van der Waals surface area (Å²) in [5.74, 6) is 0.877. The number of benzene rings is 4. The van der Waals surface area contributed by atoms with E-state index in [2.05, 4.69) is 88.4 Å². The summed E-state index contributed by atoms with van der Waals surface area (Å²) in [6.45, 7) is 0. The van der Waals surface area contributed by atoms with E-state index in [0.717, 1.165) is 71.6 Å². The van der Waals surface area contributed by atoms with Gasteiger partial charge in [-0.15, -0.1) is 0 Å². The van der Waals surface area contributed by atoms with E-state index in [1.807, 2.05) is 36.7 Å². The van der Waals surface area contributed by atoms with Crippen molar-refractivity contribution < 1.29 is 4.42 Å². The second-order valence-corrected chi connectivity index (χ2v) is 9.11. The molecule has 36 heavy (non-hydrogen) atoms. The van der Waals surface area contributed by atoms with Gasteiger partial charge in [0.2, 0.25) is 0 Å². The van der Waals surface area contributed by atoms with Crippen molar-refractivity contribution in [2.24, 2.45) is 0 Å². The van der Waals surface area contributed by atoms with Gasteiger partial charge in [0.05, 0.1) is 39.3 Å². The molecule has 0 aliphatic carbocycles. The van der Waals surface area contributed by atoms with Crippen LogP contribution in [0.1, 0.15) is 0 Å². The molecule has 8 rings (SSSR count). The van der Waals surface area contributed by atoms with Crippen LogP contribution < -0.4 is 0 Å². The van der Waals surface area contributed by atoms with Crippen molar-refractivity contribution in [3.63, 3.8) is 0 Å². The van der Waals surface area contributed by atoms with Crippen molar-refractivity contribution in [3.05, 3.63) is 116 Å². The van der Waals surface area contributed by atoms with Crippen LogP contribution in [-0.4, -0.2) is 14.5 Å². The summed E-state index contributed by atoms with van der Waals surface area (Å²) < 4.78 is 8.79. The van der Waals surface area contributed by atoms with Crippen molar-refractivity contribution in [3.8, 4) is 17.0 Å². The minimum absolute atomic E-state index is 0.877. The first-order valence-corrected chi connectivity index (χ1v) is 12.0. The highest BCUT2D eigenvalue weighted by Gasteiger charge is 2.18. The predicted molar refractivity (Wildman–Crippen MR) is 147 cm³/mol. The molecule has 4 heterocycles. The zero-order valence-corrected chi connectivity index (χ0v) is 19.2. The zero-order valence-electron chi connectivity index (χ0n) is 19.2. The highest BCUT2D eigenvalue weighted by atomic mass is 16.3. The number of hydrogen-bond donors (Lipinski definition) is 0. The summed E-state index contributed by atoms with van der Waals surface area (Å²) in [5, 5.41) is 5.53. The zero-order chi connectivity index (χ0) is 23.6. The molecule has 0 radical (unpaired) electrons. The van der Waals surface area contributed by atoms with Crippen LogP contribution in [0.5, 0.6) is 0 Å². The van der Waals surface area contributed by atoms with E-state index in [1.54, 1.807) is 0 Å². The SMILES string of the molecule is c1ccc(-c2cc3ccc4c(c5ccccc5n4-c4cnc5c(ccc6cccnc65)c4)c3o2)cc1. The smallest absolute Gasteiger partial charge is 0.144 e. The second kappa shape index (κ2) is 7.27. The van der Waals surface area contributed by atoms with Crippen LogP contribution in [0.2, 0.25) is 0 Å². The number of furan rings is 1. The molecule has 4 nitrogen and oxygen atoms in total. The first kappa shape index (κ1) is 19.4. The molecule has 8 aromatic rings. The predicted octanol–water partition coefficient (Wildman–Crippen LogP) is 8.29. The monoisotopic (exact) mass is 461 g/mol. The molecule has 0 N–H and O–H groups in total. The topological polar surface area (TPSA) is 43.9 Å². The van der Waals surface area contributed by atoms with Crippen LogP contribution in [-0.2, 0) is 0 Å². The first-order chi connectivity index (χ1) is 17.8. The van der Waals surface area contributed by atoms with Gasteiger partial charge < -0.3 is 8.98 Å². The van der Waals surface area contributed by atoms with E-state index in [0.29, 0.717) is 0 Å². The van der Waals surface area contributed by atoms with E-state index in [4.69, 9.17) is 9.40 Å². The van der Waals surface area contributed by atoms with E-state index in [9.17, 15) is 0 Å². The molecule has 0 fully saturated rings. The fourth-order valence-corrected chi connectivity index (χ4v) is 5.42. The number of aromatic nitrogens is 3. The van der Waals surface area contributed by atoms with Gasteiger partial charge in [-0.25, -0.2) is 0 Å². The van der Waals surface area contributed by atoms with E-state index < -0.39 is 0 Å². The maximum atomic E-state index is 6.51. The molecule has 0 saturated carbocycles. The number of para-hydroxylation sites is 1. The third-order valence-electron chi connectivity index (χ3n) is 7.04. The second-order valence-electron chi connectivity index (χ2n) is 9.11. The van der Waals surface area contributed by atoms with Gasteiger partial charge in [0.15, 0.2) is 0 Å². The Hall–Kier alpha value is -4.96. The average molecular weight is 462 g/mol. The van der Waals surface area contributed by atoms with Crippen LogP contribution in [0.25, 0.3) is 71.6 Å². The van der Waals surface area contributed by atoms with Gasteiger partial charge in [0.1, 0.15) is 11.3 Å². The average Bonchev–Trinajstić information content (AvgIpc) is 3.52. The molecule has 0 aliphatic rings. The Kier molecular flexibility index (Phi) is 3.91. The molecular formula is C32H19N3O. The number of fused-ring (bicyclic) bond motifs is 8. The Morgan fingerprint density at radius 2 is 1.42 bits per heavy atom. The van der Waals surface area contributed by atoms with Gasteiger partial charge in [-0.05, 0) is 36.4 Å². The molecule has 4 heteroatoms. The van der Waals surface area contributed by atoms with Gasteiger partial charge in [-0.2, -0.15) is 0 Å². The van der Waals surface area contributed by atoms with Crippen LogP contribution in [0.15, 0.2) is 120 Å². The third kappa shape index (κ3) is 2.70. The van der Waals surface area contributed by atoms with Crippen LogP contribution in [0.3, 0.4) is 0 Å². The van der Waals surface area contributed by atoms with Gasteiger partial charge in [0.25, 0.3) is 0 Å². The molecule has 168 valence electrons. The molecule has 0 unspecified atom stereocenters. The van der Waals surface area contributed by atoms with E-state index in [-0.39, 0.29) is 0 Å². The molecule has 0 saturated heterocycles. The highest BCUT2D eigenvalue weighted by Crippen LogP contribution is 2.40. The molecule has 0 spiro atoms. The van der Waals surface area contributed by atoms with Crippen molar-refractivity contribution in [2.75, 3.05) is 0 Å². The lowest BCUT2D eigenvalue weighted by atomic mass is 10.1. The Balaban J connectivity index is 1.43. The lowest BCUT2D eigenvalue weighted by Crippen LogP contribution is -1.95. The van der Waals surface area contributed by atoms with Crippen LogP contribution in [0, 0.1) is 0 Å². The largest absolute Gasteiger partial charge is 0.455 e. The first-order valence-electron chi connectivity index (χ1n) is 12.0. The summed E-state index contributed by atoms with van der Waals surface area (Å²) >= 11 is 0. The maximum Gasteiger partial charge on any atom is 0.144 e. The number of pyridine rings is 2. The summed E-state index contributed by atoms with van der Waals surface area (Å²) in [6.07, 6.45) is 3.77. The summed E-state index contributed by atoms with van der Waals surface area (Å²) in [7, 11) is 0. The maximum absolute atomic E-state index is 6.51. The Bertz CT molecular complexity index is 2100. The Labute approximate surface area is 206 Å². The van der Waals surface area contributed by atoms with Gasteiger partial charge in [0, 0.05) is 33.3 Å². The van der Waals surface area contributed by atoms with Crippen molar-refractivity contribution in [1.29, 1.82) is 0 Å². The molecule has 4 aromatic carbocycles. The normalized spacial score (nSPS) is 11.9. The fourth-order valence-electron chi connectivity index (χ4n) is 5.42.